The number of aromatic nitrogens is 4. The molecule has 2 aliphatic carbocycles. The Morgan fingerprint density at radius 3 is 2.29 bits per heavy atom. The van der Waals surface area contributed by atoms with Crippen LogP contribution in [0.15, 0.2) is 85.2 Å². The highest BCUT2D eigenvalue weighted by molar-refractivity contribution is 6.11. The number of rotatable bonds is 0. The molecule has 0 fully saturated rings. The van der Waals surface area contributed by atoms with Gasteiger partial charge in [-0.3, -0.25) is 14.4 Å². The van der Waals surface area contributed by atoms with Crippen LogP contribution in [0.3, 0.4) is 0 Å². The first-order valence-corrected chi connectivity index (χ1v) is 12.0. The van der Waals surface area contributed by atoms with Crippen LogP contribution in [0, 0.1) is 0 Å². The smallest absolute Gasteiger partial charge is 0.148 e. The molecule has 0 unspecified atom stereocenters. The lowest BCUT2D eigenvalue weighted by Gasteiger charge is -2.10. The van der Waals surface area contributed by atoms with Gasteiger partial charge in [-0.1, -0.05) is 36.4 Å². The first kappa shape index (κ1) is 17.8. The lowest BCUT2D eigenvalue weighted by atomic mass is 9.94. The molecule has 0 atom stereocenters. The van der Waals surface area contributed by atoms with E-state index in [4.69, 9.17) is 9.97 Å². The van der Waals surface area contributed by atoms with Crippen molar-refractivity contribution in [3.8, 4) is 22.3 Å². The summed E-state index contributed by atoms with van der Waals surface area (Å²) >= 11 is 0. The first-order chi connectivity index (χ1) is 17.3. The second kappa shape index (κ2) is 6.10. The second-order valence-corrected chi connectivity index (χ2v) is 9.68. The quantitative estimate of drug-likeness (QED) is 0.243. The molecule has 2 aliphatic rings. The van der Waals surface area contributed by atoms with Crippen LogP contribution in [0.25, 0.3) is 60.9 Å². The van der Waals surface area contributed by atoms with E-state index in [9.17, 15) is 0 Å². The number of benzene rings is 3. The van der Waals surface area contributed by atoms with Gasteiger partial charge in [0, 0.05) is 17.8 Å². The molecule has 0 bridgehead atoms. The summed E-state index contributed by atoms with van der Waals surface area (Å²) in [7, 11) is 0. The molecule has 3 aromatic carbocycles. The van der Waals surface area contributed by atoms with Crippen LogP contribution in [-0.4, -0.2) is 19.4 Å². The largest absolute Gasteiger partial charge is 0.290 e. The first-order valence-electron chi connectivity index (χ1n) is 12.0. The maximum absolute atomic E-state index is 5.18. The van der Waals surface area contributed by atoms with Gasteiger partial charge in [0.2, 0.25) is 0 Å². The zero-order valence-electron chi connectivity index (χ0n) is 18.8. The van der Waals surface area contributed by atoms with Gasteiger partial charge in [0.15, 0.2) is 0 Å². The van der Waals surface area contributed by atoms with E-state index >= 15 is 0 Å². The monoisotopic (exact) mass is 446 g/mol. The average molecular weight is 447 g/mol. The minimum Gasteiger partial charge on any atom is -0.290 e. The summed E-state index contributed by atoms with van der Waals surface area (Å²) in [5.41, 5.74) is 17.1. The van der Waals surface area contributed by atoms with Crippen LogP contribution >= 0.6 is 0 Å². The van der Waals surface area contributed by atoms with Gasteiger partial charge < -0.3 is 0 Å². The molecule has 0 saturated heterocycles. The van der Waals surface area contributed by atoms with Crippen molar-refractivity contribution in [1.82, 2.24) is 19.4 Å². The molecule has 0 N–H and O–H groups in total. The molecule has 0 radical (unpaired) electrons. The summed E-state index contributed by atoms with van der Waals surface area (Å²) in [5.74, 6) is 0. The molecule has 4 heterocycles. The second-order valence-electron chi connectivity index (χ2n) is 9.68. The van der Waals surface area contributed by atoms with Crippen LogP contribution < -0.4 is 0 Å². The SMILES string of the molecule is c1ccc2c(c1)Cc1ccc3c(c1-2)-c1cc2nc4c5cccnc5c5ncccc5n4c2cc1C3. The Morgan fingerprint density at radius 1 is 0.600 bits per heavy atom. The Morgan fingerprint density at radius 2 is 1.37 bits per heavy atom. The summed E-state index contributed by atoms with van der Waals surface area (Å²) in [6.45, 7) is 0. The molecule has 0 spiro atoms. The predicted molar refractivity (Wildman–Crippen MR) is 140 cm³/mol. The van der Waals surface area contributed by atoms with Crippen LogP contribution in [-0.2, 0) is 12.8 Å². The van der Waals surface area contributed by atoms with Crippen molar-refractivity contribution in [3.63, 3.8) is 0 Å². The Bertz CT molecular complexity index is 2070. The van der Waals surface area contributed by atoms with E-state index < -0.39 is 0 Å². The number of hydrogen-bond acceptors (Lipinski definition) is 3. The highest BCUT2D eigenvalue weighted by Crippen LogP contribution is 2.49. The van der Waals surface area contributed by atoms with Crippen LogP contribution in [0.4, 0.5) is 0 Å². The standard InChI is InChI=1S/C31H18N4/c1-2-6-21-17(5-1)13-18-9-10-19-14-20-15-26-24(16-23(20)28(19)27(18)21)34-31-22-7-3-11-32-29(22)30-25(35(26)31)8-4-12-33-30/h1-12,15-16H,13-14H2. The fraction of sp³-hybridized carbons (Fsp3) is 0.0645. The Balaban J connectivity index is 1.41. The molecule has 0 aliphatic heterocycles. The zero-order chi connectivity index (χ0) is 22.7. The van der Waals surface area contributed by atoms with Crippen LogP contribution in [0.5, 0.6) is 0 Å². The van der Waals surface area contributed by atoms with Crippen molar-refractivity contribution < 1.29 is 0 Å². The lowest BCUT2D eigenvalue weighted by Crippen LogP contribution is -1.94. The van der Waals surface area contributed by atoms with Gasteiger partial charge in [-0.2, -0.15) is 0 Å². The number of nitrogens with zero attached hydrogens (tertiary/aromatic N) is 4. The molecular weight excluding hydrogens is 428 g/mol. The van der Waals surface area contributed by atoms with Gasteiger partial charge in [0.25, 0.3) is 0 Å². The zero-order valence-corrected chi connectivity index (χ0v) is 18.8. The topological polar surface area (TPSA) is 43.1 Å². The average Bonchev–Trinajstić information content (AvgIpc) is 3.58. The van der Waals surface area contributed by atoms with Gasteiger partial charge in [-0.15, -0.1) is 0 Å². The Kier molecular flexibility index (Phi) is 3.11. The maximum atomic E-state index is 5.18. The molecular formula is C31H18N4. The van der Waals surface area contributed by atoms with Crippen molar-refractivity contribution in [2.75, 3.05) is 0 Å². The Hall–Kier alpha value is -4.57. The molecule has 4 aromatic heterocycles. The van der Waals surface area contributed by atoms with Crippen LogP contribution in [0.2, 0.25) is 0 Å². The van der Waals surface area contributed by atoms with Crippen molar-refractivity contribution in [3.05, 3.63) is 107 Å². The van der Waals surface area contributed by atoms with E-state index in [0.717, 1.165) is 51.5 Å². The third kappa shape index (κ3) is 2.15. The molecule has 0 saturated carbocycles. The van der Waals surface area contributed by atoms with Crippen LogP contribution in [0.1, 0.15) is 22.3 Å². The molecule has 9 rings (SSSR count). The molecule has 0 amide bonds. The van der Waals surface area contributed by atoms with Crippen molar-refractivity contribution in [2.45, 2.75) is 12.8 Å². The fourth-order valence-corrected chi connectivity index (χ4v) is 6.43. The molecule has 4 nitrogen and oxygen atoms in total. The van der Waals surface area contributed by atoms with Gasteiger partial charge in [-0.25, -0.2) is 4.98 Å². The van der Waals surface area contributed by atoms with Gasteiger partial charge in [0.1, 0.15) is 16.7 Å². The summed E-state index contributed by atoms with van der Waals surface area (Å²) in [6.07, 6.45) is 5.64. The minimum atomic E-state index is 0.901. The summed E-state index contributed by atoms with van der Waals surface area (Å²) < 4.78 is 2.27. The van der Waals surface area contributed by atoms with E-state index in [-0.39, 0.29) is 0 Å². The van der Waals surface area contributed by atoms with Crippen molar-refractivity contribution in [2.24, 2.45) is 0 Å². The van der Waals surface area contributed by atoms with Crippen molar-refractivity contribution >= 4 is 38.6 Å². The van der Waals surface area contributed by atoms with Crippen molar-refractivity contribution in [1.29, 1.82) is 0 Å². The summed E-state index contributed by atoms with van der Waals surface area (Å²) in [6, 6.07) is 26.4. The predicted octanol–water partition coefficient (Wildman–Crippen LogP) is 6.73. The number of pyridine rings is 3. The third-order valence-electron chi connectivity index (χ3n) is 7.88. The van der Waals surface area contributed by atoms with Gasteiger partial charge >= 0.3 is 0 Å². The molecule has 7 aromatic rings. The third-order valence-corrected chi connectivity index (χ3v) is 7.88. The van der Waals surface area contributed by atoms with E-state index in [1.165, 1.54) is 44.5 Å². The van der Waals surface area contributed by atoms with E-state index in [2.05, 4.69) is 70.0 Å². The molecule has 162 valence electrons. The number of fused-ring (bicyclic) bond motifs is 15. The van der Waals surface area contributed by atoms with E-state index in [1.807, 2.05) is 24.5 Å². The summed E-state index contributed by atoms with van der Waals surface area (Å²) in [5, 5.41) is 1.03. The number of imidazole rings is 1. The maximum Gasteiger partial charge on any atom is 0.148 e. The summed E-state index contributed by atoms with van der Waals surface area (Å²) in [4.78, 5) is 14.5. The highest BCUT2D eigenvalue weighted by Gasteiger charge is 2.29. The minimum absolute atomic E-state index is 0.901. The van der Waals surface area contributed by atoms with E-state index in [0.29, 0.717) is 0 Å². The van der Waals surface area contributed by atoms with E-state index in [1.54, 1.807) is 0 Å². The normalized spacial score (nSPS) is 13.5. The highest BCUT2D eigenvalue weighted by atomic mass is 15.0. The fourth-order valence-electron chi connectivity index (χ4n) is 6.43. The molecule has 4 heteroatoms. The number of hydrogen-bond donors (Lipinski definition) is 0. The van der Waals surface area contributed by atoms with Gasteiger partial charge in [-0.05, 0) is 93.7 Å². The van der Waals surface area contributed by atoms with Gasteiger partial charge in [0.05, 0.1) is 16.6 Å². The molecule has 35 heavy (non-hydrogen) atoms. The lowest BCUT2D eigenvalue weighted by molar-refractivity contribution is 1.23. The Labute approximate surface area is 200 Å².